The molecule has 22 heavy (non-hydrogen) atoms. The molecule has 1 aliphatic rings. The summed E-state index contributed by atoms with van der Waals surface area (Å²) in [5, 5.41) is 2.94. The van der Waals surface area contributed by atoms with Gasteiger partial charge in [-0.05, 0) is 37.5 Å². The molecule has 5 nitrogen and oxygen atoms in total. The van der Waals surface area contributed by atoms with E-state index < -0.39 is 0 Å². The third-order valence-electron chi connectivity index (χ3n) is 4.27. The third kappa shape index (κ3) is 4.56. The van der Waals surface area contributed by atoms with Crippen LogP contribution in [0.1, 0.15) is 25.3 Å². The summed E-state index contributed by atoms with van der Waals surface area (Å²) < 4.78 is 0. The minimum atomic E-state index is 0.0176. The number of hydrogen-bond donors (Lipinski definition) is 1. The molecule has 5 heteroatoms. The Bertz CT molecular complexity index is 536. The molecule has 2 amide bonds. The Morgan fingerprint density at radius 1 is 1.32 bits per heavy atom. The van der Waals surface area contributed by atoms with Gasteiger partial charge in [-0.2, -0.15) is 0 Å². The number of amides is 2. The van der Waals surface area contributed by atoms with Gasteiger partial charge in [-0.1, -0.05) is 12.1 Å². The predicted molar refractivity (Wildman–Crippen MR) is 87.7 cm³/mol. The summed E-state index contributed by atoms with van der Waals surface area (Å²) in [4.78, 5) is 27.4. The topological polar surface area (TPSA) is 52.7 Å². The van der Waals surface area contributed by atoms with Gasteiger partial charge in [0.2, 0.25) is 11.8 Å². The van der Waals surface area contributed by atoms with Crippen LogP contribution in [0.5, 0.6) is 0 Å². The van der Waals surface area contributed by atoms with Gasteiger partial charge in [-0.15, -0.1) is 0 Å². The van der Waals surface area contributed by atoms with Crippen LogP contribution in [-0.4, -0.2) is 54.3 Å². The van der Waals surface area contributed by atoms with E-state index in [0.717, 1.165) is 37.2 Å². The number of carbonyl (C=O) groups is 2. The Morgan fingerprint density at radius 3 is 2.59 bits per heavy atom. The molecule has 2 rings (SSSR count). The van der Waals surface area contributed by atoms with Gasteiger partial charge in [0.1, 0.15) is 0 Å². The summed E-state index contributed by atoms with van der Waals surface area (Å²) in [6.07, 6.45) is 1.85. The van der Waals surface area contributed by atoms with Crippen molar-refractivity contribution in [3.8, 4) is 0 Å². The van der Waals surface area contributed by atoms with Crippen molar-refractivity contribution in [1.82, 2.24) is 9.80 Å². The van der Waals surface area contributed by atoms with Crippen LogP contribution in [-0.2, 0) is 9.59 Å². The number of nitrogens with zero attached hydrogens (tertiary/aromatic N) is 2. The predicted octanol–water partition coefficient (Wildman–Crippen LogP) is 1.88. The summed E-state index contributed by atoms with van der Waals surface area (Å²) >= 11 is 0. The molecular weight excluding hydrogens is 278 g/mol. The number of hydrogen-bond acceptors (Lipinski definition) is 3. The van der Waals surface area contributed by atoms with Crippen molar-refractivity contribution in [2.45, 2.75) is 32.7 Å². The highest BCUT2D eigenvalue weighted by Gasteiger charge is 2.24. The van der Waals surface area contributed by atoms with Crippen LogP contribution in [0.15, 0.2) is 24.3 Å². The number of benzene rings is 1. The first kappa shape index (κ1) is 16.5. The van der Waals surface area contributed by atoms with E-state index in [0.29, 0.717) is 12.6 Å². The Hall–Kier alpha value is -1.88. The highest BCUT2D eigenvalue weighted by molar-refractivity contribution is 5.92. The zero-order chi connectivity index (χ0) is 16.1. The lowest BCUT2D eigenvalue weighted by molar-refractivity contribution is -0.130. The Labute approximate surface area is 132 Å². The average Bonchev–Trinajstić information content (AvgIpc) is 2.47. The molecule has 1 N–H and O–H groups in total. The lowest BCUT2D eigenvalue weighted by Crippen LogP contribution is -2.46. The van der Waals surface area contributed by atoms with E-state index in [1.165, 1.54) is 0 Å². The quantitative estimate of drug-likeness (QED) is 0.924. The number of aryl methyl sites for hydroxylation is 1. The number of carbonyl (C=O) groups excluding carboxylic acids is 2. The fourth-order valence-electron chi connectivity index (χ4n) is 2.85. The van der Waals surface area contributed by atoms with Crippen LogP contribution in [0, 0.1) is 6.92 Å². The normalized spacial score (nSPS) is 16.3. The van der Waals surface area contributed by atoms with Crippen molar-refractivity contribution in [2.75, 3.05) is 32.0 Å². The first-order valence-corrected chi connectivity index (χ1v) is 7.78. The number of likely N-dealkylation sites (tertiary alicyclic amines) is 1. The molecule has 1 saturated heterocycles. The number of anilines is 1. The van der Waals surface area contributed by atoms with Crippen LogP contribution in [0.4, 0.5) is 5.69 Å². The highest BCUT2D eigenvalue weighted by atomic mass is 16.2. The summed E-state index contributed by atoms with van der Waals surface area (Å²) in [7, 11) is 1.85. The van der Waals surface area contributed by atoms with E-state index in [1.54, 1.807) is 6.92 Å². The molecule has 0 atom stereocenters. The van der Waals surface area contributed by atoms with Gasteiger partial charge in [0.25, 0.3) is 0 Å². The molecule has 0 spiro atoms. The molecule has 1 heterocycles. The van der Waals surface area contributed by atoms with Crippen molar-refractivity contribution >= 4 is 17.5 Å². The Kier molecular flexibility index (Phi) is 5.55. The second-order valence-corrected chi connectivity index (χ2v) is 6.05. The molecule has 0 radical (unpaired) electrons. The summed E-state index contributed by atoms with van der Waals surface area (Å²) in [5.74, 6) is 0.125. The molecule has 0 aliphatic carbocycles. The van der Waals surface area contributed by atoms with E-state index in [1.807, 2.05) is 43.1 Å². The van der Waals surface area contributed by atoms with Gasteiger partial charge in [0.05, 0.1) is 6.54 Å². The number of nitrogens with one attached hydrogen (secondary N) is 1. The van der Waals surface area contributed by atoms with Gasteiger partial charge in [0, 0.05) is 38.8 Å². The Balaban J connectivity index is 1.78. The molecule has 120 valence electrons. The maximum atomic E-state index is 12.1. The van der Waals surface area contributed by atoms with E-state index in [4.69, 9.17) is 0 Å². The third-order valence-corrected chi connectivity index (χ3v) is 4.27. The minimum Gasteiger partial charge on any atom is -0.343 e. The van der Waals surface area contributed by atoms with Crippen molar-refractivity contribution < 1.29 is 9.59 Å². The molecule has 0 aromatic heterocycles. The van der Waals surface area contributed by atoms with Gasteiger partial charge in [-0.25, -0.2) is 0 Å². The molecule has 1 aromatic carbocycles. The molecule has 1 aromatic rings. The number of piperidine rings is 1. The molecule has 0 unspecified atom stereocenters. The second-order valence-electron chi connectivity index (χ2n) is 6.05. The second kappa shape index (κ2) is 7.40. The zero-order valence-electron chi connectivity index (χ0n) is 13.6. The van der Waals surface area contributed by atoms with Crippen LogP contribution in [0.3, 0.4) is 0 Å². The van der Waals surface area contributed by atoms with Crippen molar-refractivity contribution in [1.29, 1.82) is 0 Å². The maximum absolute atomic E-state index is 12.1. The van der Waals surface area contributed by atoms with Gasteiger partial charge >= 0.3 is 0 Å². The van der Waals surface area contributed by atoms with Crippen molar-refractivity contribution in [2.24, 2.45) is 0 Å². The largest absolute Gasteiger partial charge is 0.343 e. The lowest BCUT2D eigenvalue weighted by atomic mass is 10.0. The van der Waals surface area contributed by atoms with E-state index in [9.17, 15) is 9.59 Å². The van der Waals surface area contributed by atoms with Gasteiger partial charge in [-0.3, -0.25) is 14.5 Å². The molecule has 0 bridgehead atoms. The lowest BCUT2D eigenvalue weighted by Gasteiger charge is -2.36. The van der Waals surface area contributed by atoms with E-state index in [-0.39, 0.29) is 11.8 Å². The van der Waals surface area contributed by atoms with Gasteiger partial charge in [0.15, 0.2) is 0 Å². The van der Waals surface area contributed by atoms with Crippen molar-refractivity contribution in [3.05, 3.63) is 29.8 Å². The summed E-state index contributed by atoms with van der Waals surface area (Å²) in [5.41, 5.74) is 1.97. The SMILES string of the molecule is CC(=O)N(C)C1CCN(CC(=O)Nc2cccc(C)c2)CC1. The molecular formula is C17H25N3O2. The van der Waals surface area contributed by atoms with Crippen LogP contribution in [0.25, 0.3) is 0 Å². The maximum Gasteiger partial charge on any atom is 0.238 e. The van der Waals surface area contributed by atoms with Crippen LogP contribution in [0.2, 0.25) is 0 Å². The smallest absolute Gasteiger partial charge is 0.238 e. The molecule has 1 fully saturated rings. The zero-order valence-corrected chi connectivity index (χ0v) is 13.6. The highest BCUT2D eigenvalue weighted by Crippen LogP contribution is 2.16. The average molecular weight is 303 g/mol. The first-order valence-electron chi connectivity index (χ1n) is 7.78. The molecule has 0 saturated carbocycles. The standard InChI is InChI=1S/C17H25N3O2/c1-13-5-4-6-15(11-13)18-17(22)12-20-9-7-16(8-10-20)19(3)14(2)21/h4-6,11,16H,7-10,12H2,1-3H3,(H,18,22). The molecule has 1 aliphatic heterocycles. The van der Waals surface area contributed by atoms with Crippen molar-refractivity contribution in [3.63, 3.8) is 0 Å². The first-order chi connectivity index (χ1) is 10.5. The summed E-state index contributed by atoms with van der Waals surface area (Å²) in [6, 6.07) is 8.11. The fraction of sp³-hybridized carbons (Fsp3) is 0.529. The van der Waals surface area contributed by atoms with E-state index in [2.05, 4.69) is 10.2 Å². The minimum absolute atomic E-state index is 0.0176. The van der Waals surface area contributed by atoms with E-state index >= 15 is 0 Å². The van der Waals surface area contributed by atoms with Crippen LogP contribution >= 0.6 is 0 Å². The summed E-state index contributed by atoms with van der Waals surface area (Å²) in [6.45, 7) is 5.71. The van der Waals surface area contributed by atoms with Gasteiger partial charge < -0.3 is 10.2 Å². The number of rotatable bonds is 4. The fourth-order valence-corrected chi connectivity index (χ4v) is 2.85. The Morgan fingerprint density at radius 2 is 2.00 bits per heavy atom. The monoisotopic (exact) mass is 303 g/mol. The van der Waals surface area contributed by atoms with Crippen LogP contribution < -0.4 is 5.32 Å².